The molecule has 6 heteroatoms. The van der Waals surface area contributed by atoms with Gasteiger partial charge >= 0.3 is 11.9 Å². The Morgan fingerprint density at radius 2 is 1.29 bits per heavy atom. The average Bonchev–Trinajstić information content (AvgIpc) is 2.86. The summed E-state index contributed by atoms with van der Waals surface area (Å²) in [6.45, 7) is 14.4. The summed E-state index contributed by atoms with van der Waals surface area (Å²) in [6, 6.07) is 20.9. The van der Waals surface area contributed by atoms with E-state index < -0.39 is 26.2 Å². The highest BCUT2D eigenvalue weighted by atomic mass is 28.4. The Morgan fingerprint density at radius 3 is 1.69 bits per heavy atom. The summed E-state index contributed by atoms with van der Waals surface area (Å²) in [6.07, 6.45) is 4.60. The van der Waals surface area contributed by atoms with Gasteiger partial charge in [0.1, 0.15) is 13.2 Å². The molecule has 0 saturated carbocycles. The minimum Gasteiger partial charge on any atom is -0.461 e. The van der Waals surface area contributed by atoms with E-state index in [0.717, 1.165) is 0 Å². The molecule has 0 spiro atoms. The first-order valence-electron chi connectivity index (χ1n) is 12.1. The maximum absolute atomic E-state index is 12.4. The molecule has 2 aromatic carbocycles. The molecule has 0 unspecified atom stereocenters. The Kier molecular flexibility index (Phi) is 11.2. The van der Waals surface area contributed by atoms with Gasteiger partial charge in [0.2, 0.25) is 0 Å². The lowest BCUT2D eigenvalue weighted by Gasteiger charge is -2.43. The fraction of sp³-hybridized carbons (Fsp3) is 0.379. The molecule has 35 heavy (non-hydrogen) atoms. The molecule has 0 saturated heterocycles. The van der Waals surface area contributed by atoms with Crippen LogP contribution >= 0.6 is 0 Å². The van der Waals surface area contributed by atoms with Crippen molar-refractivity contribution in [1.29, 1.82) is 0 Å². The molecule has 0 amide bonds. The van der Waals surface area contributed by atoms with Gasteiger partial charge in [0.25, 0.3) is 8.32 Å². The van der Waals surface area contributed by atoms with Gasteiger partial charge in [-0.1, -0.05) is 107 Å². The quantitative estimate of drug-likeness (QED) is 0.124. The van der Waals surface area contributed by atoms with Gasteiger partial charge < -0.3 is 13.9 Å². The third-order valence-electron chi connectivity index (χ3n) is 5.88. The zero-order chi connectivity index (χ0) is 25.7. The number of hydrogen-bond donors (Lipinski definition) is 0. The largest absolute Gasteiger partial charge is 0.461 e. The van der Waals surface area contributed by atoms with E-state index >= 15 is 0 Å². The molecule has 0 aromatic heterocycles. The van der Waals surface area contributed by atoms with E-state index in [0.29, 0.717) is 25.9 Å². The van der Waals surface area contributed by atoms with Crippen molar-refractivity contribution in [3.8, 4) is 0 Å². The van der Waals surface area contributed by atoms with Crippen molar-refractivity contribution in [3.05, 3.63) is 86.0 Å². The van der Waals surface area contributed by atoms with E-state index in [2.05, 4.69) is 82.5 Å². The van der Waals surface area contributed by atoms with Crippen LogP contribution in [0.2, 0.25) is 5.04 Å². The summed E-state index contributed by atoms with van der Waals surface area (Å²) in [5, 5.41) is 2.33. The molecule has 0 aliphatic rings. The minimum atomic E-state index is -2.61. The van der Waals surface area contributed by atoms with Gasteiger partial charge in [0.05, 0.1) is 0 Å². The second kappa shape index (κ2) is 13.8. The second-order valence-electron chi connectivity index (χ2n) is 9.40. The maximum atomic E-state index is 12.4. The monoisotopic (exact) mass is 494 g/mol. The van der Waals surface area contributed by atoms with Crippen molar-refractivity contribution in [2.75, 3.05) is 19.8 Å². The lowest BCUT2D eigenvalue weighted by atomic mass is 10.0. The van der Waals surface area contributed by atoms with Crippen LogP contribution in [-0.2, 0) is 23.5 Å². The smallest absolute Gasteiger partial charge is 0.320 e. The van der Waals surface area contributed by atoms with Crippen molar-refractivity contribution < 1.29 is 23.5 Å². The molecule has 5 nitrogen and oxygen atoms in total. The molecule has 188 valence electrons. The summed E-state index contributed by atoms with van der Waals surface area (Å²) < 4.78 is 17.1. The van der Waals surface area contributed by atoms with Crippen LogP contribution in [0, 0.1) is 5.92 Å². The number of unbranched alkanes of at least 4 members (excludes halogenated alkanes) is 1. The Hall–Kier alpha value is -2.96. The molecule has 2 aromatic rings. The van der Waals surface area contributed by atoms with E-state index in [1.165, 1.54) is 22.5 Å². The van der Waals surface area contributed by atoms with Crippen molar-refractivity contribution in [2.45, 2.75) is 45.1 Å². The molecule has 0 radical (unpaired) electrons. The summed E-state index contributed by atoms with van der Waals surface area (Å²) in [7, 11) is -2.61. The Labute approximate surface area is 210 Å². The SMILES string of the molecule is C=CCOC(=O)C(CCCCO[Si](c1ccccc1)(c1ccccc1)C(C)(C)C)C(=O)OCC=C. The highest BCUT2D eigenvalue weighted by Gasteiger charge is 2.49. The van der Waals surface area contributed by atoms with Gasteiger partial charge in [0.15, 0.2) is 5.92 Å². The summed E-state index contributed by atoms with van der Waals surface area (Å²) in [5.41, 5.74) is 0. The fourth-order valence-corrected chi connectivity index (χ4v) is 8.86. The lowest BCUT2D eigenvalue weighted by molar-refractivity contribution is -0.161. The van der Waals surface area contributed by atoms with Gasteiger partial charge in [-0.3, -0.25) is 9.59 Å². The Morgan fingerprint density at radius 1 is 0.829 bits per heavy atom. The topological polar surface area (TPSA) is 61.8 Å². The van der Waals surface area contributed by atoms with Gasteiger partial charge in [0, 0.05) is 6.61 Å². The zero-order valence-corrected chi connectivity index (χ0v) is 22.2. The third-order valence-corrected chi connectivity index (χ3v) is 10.9. The van der Waals surface area contributed by atoms with Crippen molar-refractivity contribution >= 4 is 30.6 Å². The number of esters is 2. The number of carbonyl (C=O) groups excluding carboxylic acids is 2. The first kappa shape index (κ1) is 28.3. The second-order valence-corrected chi connectivity index (χ2v) is 13.7. The summed E-state index contributed by atoms with van der Waals surface area (Å²) in [4.78, 5) is 24.8. The fourth-order valence-electron chi connectivity index (χ4n) is 4.25. The number of ether oxygens (including phenoxy) is 2. The molecular weight excluding hydrogens is 456 g/mol. The van der Waals surface area contributed by atoms with E-state index in [1.54, 1.807) is 0 Å². The molecule has 0 atom stereocenters. The van der Waals surface area contributed by atoms with Crippen molar-refractivity contribution in [1.82, 2.24) is 0 Å². The average molecular weight is 495 g/mol. The van der Waals surface area contributed by atoms with Crippen LogP contribution in [0.5, 0.6) is 0 Å². The molecule has 0 aliphatic carbocycles. The van der Waals surface area contributed by atoms with E-state index in [4.69, 9.17) is 13.9 Å². The number of hydrogen-bond acceptors (Lipinski definition) is 5. The first-order valence-corrected chi connectivity index (χ1v) is 14.0. The standard InChI is InChI=1S/C29H38O5Si/c1-6-21-32-27(30)26(28(31)33-22-7-2)20-14-15-23-34-35(29(3,4)5,24-16-10-8-11-17-24)25-18-12-9-13-19-25/h6-13,16-19,26H,1-2,14-15,20-23H2,3-5H3. The first-order chi connectivity index (χ1) is 16.8. The molecule has 0 aliphatic heterocycles. The van der Waals surface area contributed by atoms with Gasteiger partial charge in [-0.25, -0.2) is 0 Å². The predicted molar refractivity (Wildman–Crippen MR) is 143 cm³/mol. The van der Waals surface area contributed by atoms with Gasteiger partial charge in [-0.2, -0.15) is 0 Å². The van der Waals surface area contributed by atoms with E-state index in [-0.39, 0.29) is 18.3 Å². The van der Waals surface area contributed by atoms with Crippen LogP contribution in [0.1, 0.15) is 40.0 Å². The highest BCUT2D eigenvalue weighted by molar-refractivity contribution is 6.99. The molecular formula is C29H38O5Si. The number of rotatable bonds is 14. The van der Waals surface area contributed by atoms with Crippen LogP contribution < -0.4 is 10.4 Å². The Balaban J connectivity index is 2.15. The summed E-state index contributed by atoms with van der Waals surface area (Å²) >= 11 is 0. The molecule has 0 bridgehead atoms. The van der Waals surface area contributed by atoms with Crippen LogP contribution in [0.4, 0.5) is 0 Å². The number of carbonyl (C=O) groups is 2. The number of benzene rings is 2. The third kappa shape index (κ3) is 7.51. The maximum Gasteiger partial charge on any atom is 0.320 e. The van der Waals surface area contributed by atoms with Crippen molar-refractivity contribution in [3.63, 3.8) is 0 Å². The molecule has 0 N–H and O–H groups in total. The van der Waals surface area contributed by atoms with Crippen LogP contribution in [0.3, 0.4) is 0 Å². The van der Waals surface area contributed by atoms with Gasteiger partial charge in [-0.15, -0.1) is 0 Å². The Bertz CT molecular complexity index is 887. The molecule has 2 rings (SSSR count). The van der Waals surface area contributed by atoms with Gasteiger partial charge in [-0.05, 0) is 34.7 Å². The normalized spacial score (nSPS) is 11.7. The highest BCUT2D eigenvalue weighted by Crippen LogP contribution is 2.36. The molecule has 0 fully saturated rings. The summed E-state index contributed by atoms with van der Waals surface area (Å²) in [5.74, 6) is -2.15. The van der Waals surface area contributed by atoms with Crippen LogP contribution in [-0.4, -0.2) is 40.1 Å². The zero-order valence-electron chi connectivity index (χ0n) is 21.2. The van der Waals surface area contributed by atoms with E-state index in [9.17, 15) is 9.59 Å². The lowest BCUT2D eigenvalue weighted by Crippen LogP contribution is -2.66. The van der Waals surface area contributed by atoms with Crippen molar-refractivity contribution in [2.24, 2.45) is 5.92 Å². The minimum absolute atomic E-state index is 0.0566. The van der Waals surface area contributed by atoms with Crippen LogP contribution in [0.15, 0.2) is 86.0 Å². The van der Waals surface area contributed by atoms with E-state index in [1.807, 2.05) is 12.1 Å². The molecule has 0 heterocycles. The van der Waals surface area contributed by atoms with Crippen LogP contribution in [0.25, 0.3) is 0 Å². The predicted octanol–water partition coefficient (Wildman–Crippen LogP) is 4.81.